The first-order valence-corrected chi connectivity index (χ1v) is 8.58. The average Bonchev–Trinajstić information content (AvgIpc) is 2.57. The number of carbonyl (C=O) groups is 1. The van der Waals surface area contributed by atoms with E-state index < -0.39 is 0 Å². The Morgan fingerprint density at radius 1 is 1.12 bits per heavy atom. The molecule has 2 rings (SSSR count). The van der Waals surface area contributed by atoms with Gasteiger partial charge in [-0.2, -0.15) is 0 Å². The van der Waals surface area contributed by atoms with Crippen LogP contribution in [0.2, 0.25) is 5.02 Å². The fraction of sp³-hybridized carbons (Fsp3) is 0.167. The summed E-state index contributed by atoms with van der Waals surface area (Å²) in [4.78, 5) is 11.8. The van der Waals surface area contributed by atoms with E-state index in [0.717, 1.165) is 28.0 Å². The predicted octanol–water partition coefficient (Wildman–Crippen LogP) is 3.78. The Kier molecular flexibility index (Phi) is 6.73. The number of hydrogen-bond donors (Lipinski definition) is 2. The predicted molar refractivity (Wildman–Crippen MR) is 101 cm³/mol. The molecule has 0 atom stereocenters. The zero-order valence-corrected chi connectivity index (χ0v) is 14.9. The third-order valence-corrected chi connectivity index (χ3v) is 4.22. The van der Waals surface area contributed by atoms with E-state index in [-0.39, 0.29) is 12.4 Å². The lowest BCUT2D eigenvalue weighted by Crippen LogP contribution is -2.08. The minimum atomic E-state index is 0.129. The number of nitrogens with two attached hydrogens (primary N) is 2. The van der Waals surface area contributed by atoms with E-state index in [1.807, 2.05) is 36.4 Å². The van der Waals surface area contributed by atoms with Gasteiger partial charge in [0.2, 0.25) is 0 Å². The number of halogens is 1. The van der Waals surface area contributed by atoms with E-state index in [1.165, 1.54) is 0 Å². The first-order chi connectivity index (χ1) is 11.5. The molecule has 0 aliphatic heterocycles. The average molecular weight is 363 g/mol. The van der Waals surface area contributed by atoms with Crippen LogP contribution in [0.25, 0.3) is 5.70 Å². The molecule has 4 nitrogen and oxygen atoms in total. The molecule has 0 aromatic heterocycles. The summed E-state index contributed by atoms with van der Waals surface area (Å²) in [7, 11) is 0. The monoisotopic (exact) mass is 362 g/mol. The quantitative estimate of drug-likeness (QED) is 0.733. The Balaban J connectivity index is 2.06. The number of hydrogen-bond acceptors (Lipinski definition) is 5. The van der Waals surface area contributed by atoms with Crippen molar-refractivity contribution in [1.29, 1.82) is 0 Å². The largest absolute Gasteiger partial charge is 0.488 e. The summed E-state index contributed by atoms with van der Waals surface area (Å²) in [5.41, 5.74) is 8.52. The summed E-state index contributed by atoms with van der Waals surface area (Å²) in [5.74, 6) is 0.821. The van der Waals surface area contributed by atoms with Crippen LogP contribution in [0.4, 0.5) is 0 Å². The molecule has 0 unspecified atom stereocenters. The Labute approximate surface area is 151 Å². The summed E-state index contributed by atoms with van der Waals surface area (Å²) in [6.07, 6.45) is 0.424. The SMILES string of the molecule is CC(=O)Cc1ccc(OC/C(SN)=C(/N)c2ccc(Cl)cc2)cc1. The Bertz CT molecular complexity index is 728. The Morgan fingerprint density at radius 3 is 2.29 bits per heavy atom. The fourth-order valence-corrected chi connectivity index (χ4v) is 2.60. The van der Waals surface area contributed by atoms with Gasteiger partial charge in [-0.25, -0.2) is 0 Å². The van der Waals surface area contributed by atoms with Crippen LogP contribution in [-0.4, -0.2) is 12.4 Å². The van der Waals surface area contributed by atoms with Crippen molar-refractivity contribution in [1.82, 2.24) is 0 Å². The van der Waals surface area contributed by atoms with E-state index in [0.29, 0.717) is 22.9 Å². The second-order valence-electron chi connectivity index (χ2n) is 5.27. The smallest absolute Gasteiger partial charge is 0.134 e. The van der Waals surface area contributed by atoms with Crippen LogP contribution in [0, 0.1) is 0 Å². The van der Waals surface area contributed by atoms with Gasteiger partial charge in [-0.05, 0) is 54.3 Å². The standard InChI is InChI=1S/C18H19ClN2O2S/c1-12(22)10-13-2-8-16(9-3-13)23-11-17(24-21)18(20)14-4-6-15(19)7-5-14/h2-9H,10-11,20-21H2,1H3/b18-17-. The van der Waals surface area contributed by atoms with Crippen molar-refractivity contribution in [3.8, 4) is 5.75 Å². The van der Waals surface area contributed by atoms with E-state index in [4.69, 9.17) is 27.2 Å². The van der Waals surface area contributed by atoms with Gasteiger partial charge < -0.3 is 10.5 Å². The molecular formula is C18H19ClN2O2S. The molecule has 0 heterocycles. The molecule has 0 fully saturated rings. The highest BCUT2D eigenvalue weighted by atomic mass is 35.5. The highest BCUT2D eigenvalue weighted by molar-refractivity contribution is 8.01. The van der Waals surface area contributed by atoms with E-state index in [1.54, 1.807) is 19.1 Å². The van der Waals surface area contributed by atoms with Crippen LogP contribution in [0.15, 0.2) is 53.4 Å². The minimum absolute atomic E-state index is 0.129. The van der Waals surface area contributed by atoms with Crippen LogP contribution in [0.1, 0.15) is 18.1 Å². The van der Waals surface area contributed by atoms with Crippen molar-refractivity contribution in [2.75, 3.05) is 6.61 Å². The van der Waals surface area contributed by atoms with Gasteiger partial charge >= 0.3 is 0 Å². The van der Waals surface area contributed by atoms with Crippen molar-refractivity contribution in [2.45, 2.75) is 13.3 Å². The molecule has 0 aliphatic carbocycles. The molecule has 0 aliphatic rings. The molecule has 6 heteroatoms. The summed E-state index contributed by atoms with van der Waals surface area (Å²) < 4.78 is 5.74. The number of carbonyl (C=O) groups excluding carboxylic acids is 1. The van der Waals surface area contributed by atoms with Gasteiger partial charge in [-0.1, -0.05) is 35.9 Å². The molecule has 4 N–H and O–H groups in total. The lowest BCUT2D eigenvalue weighted by atomic mass is 10.1. The van der Waals surface area contributed by atoms with E-state index >= 15 is 0 Å². The zero-order chi connectivity index (χ0) is 17.5. The third-order valence-electron chi connectivity index (χ3n) is 3.34. The zero-order valence-electron chi connectivity index (χ0n) is 13.3. The van der Waals surface area contributed by atoms with Gasteiger partial charge in [0.05, 0.1) is 10.6 Å². The van der Waals surface area contributed by atoms with Gasteiger partial charge in [0.1, 0.15) is 18.1 Å². The lowest BCUT2D eigenvalue weighted by molar-refractivity contribution is -0.116. The summed E-state index contributed by atoms with van der Waals surface area (Å²) >= 11 is 6.94. The maximum absolute atomic E-state index is 11.1. The Morgan fingerprint density at radius 2 is 1.75 bits per heavy atom. The van der Waals surface area contributed by atoms with Crippen LogP contribution in [-0.2, 0) is 11.2 Å². The van der Waals surface area contributed by atoms with Crippen molar-refractivity contribution in [3.63, 3.8) is 0 Å². The highest BCUT2D eigenvalue weighted by Gasteiger charge is 2.08. The van der Waals surface area contributed by atoms with Crippen LogP contribution >= 0.6 is 23.5 Å². The molecule has 0 saturated heterocycles. The molecule has 0 spiro atoms. The Hall–Kier alpha value is -1.95. The molecule has 0 amide bonds. The molecule has 0 saturated carbocycles. The second kappa shape index (κ2) is 8.78. The number of Topliss-reactive ketones (excluding diaryl/α,β-unsaturated/α-hetero) is 1. The summed E-state index contributed by atoms with van der Waals surface area (Å²) in [5, 5.41) is 6.37. The van der Waals surface area contributed by atoms with Crippen LogP contribution in [0.5, 0.6) is 5.75 Å². The number of benzene rings is 2. The minimum Gasteiger partial charge on any atom is -0.488 e. The van der Waals surface area contributed by atoms with E-state index in [9.17, 15) is 4.79 Å². The first kappa shape index (κ1) is 18.4. The molecular weight excluding hydrogens is 344 g/mol. The fourth-order valence-electron chi connectivity index (χ4n) is 2.11. The summed E-state index contributed by atoms with van der Waals surface area (Å²) in [6.45, 7) is 1.83. The number of rotatable bonds is 7. The summed E-state index contributed by atoms with van der Waals surface area (Å²) in [6, 6.07) is 14.6. The van der Waals surface area contributed by atoms with Crippen molar-refractivity contribution in [2.24, 2.45) is 10.9 Å². The molecule has 24 heavy (non-hydrogen) atoms. The van der Waals surface area contributed by atoms with Gasteiger partial charge in [0, 0.05) is 11.4 Å². The topological polar surface area (TPSA) is 78.3 Å². The lowest BCUT2D eigenvalue weighted by Gasteiger charge is -2.12. The van der Waals surface area contributed by atoms with Gasteiger partial charge in [0.25, 0.3) is 0 Å². The van der Waals surface area contributed by atoms with Crippen LogP contribution < -0.4 is 15.6 Å². The van der Waals surface area contributed by atoms with Gasteiger partial charge in [-0.3, -0.25) is 9.93 Å². The maximum Gasteiger partial charge on any atom is 0.134 e. The van der Waals surface area contributed by atoms with Crippen molar-refractivity contribution < 1.29 is 9.53 Å². The molecule has 2 aromatic rings. The highest BCUT2D eigenvalue weighted by Crippen LogP contribution is 2.23. The molecule has 126 valence electrons. The first-order valence-electron chi connectivity index (χ1n) is 7.32. The van der Waals surface area contributed by atoms with Crippen molar-refractivity contribution in [3.05, 3.63) is 69.6 Å². The van der Waals surface area contributed by atoms with Crippen molar-refractivity contribution >= 4 is 35.0 Å². The number of ketones is 1. The second-order valence-corrected chi connectivity index (χ2v) is 6.44. The third kappa shape index (κ3) is 5.30. The maximum atomic E-state index is 11.1. The molecule has 0 bridgehead atoms. The normalized spacial score (nSPS) is 11.8. The number of ether oxygens (including phenoxy) is 1. The van der Waals surface area contributed by atoms with Gasteiger partial charge in [-0.15, -0.1) is 0 Å². The molecule has 2 aromatic carbocycles. The van der Waals surface area contributed by atoms with E-state index in [2.05, 4.69) is 0 Å². The molecule has 0 radical (unpaired) electrons. The van der Waals surface area contributed by atoms with Crippen LogP contribution in [0.3, 0.4) is 0 Å². The van der Waals surface area contributed by atoms with Gasteiger partial charge in [0.15, 0.2) is 0 Å².